The Morgan fingerprint density at radius 2 is 2.17 bits per heavy atom. The smallest absolute Gasteiger partial charge is 0.350 e. The molecule has 128 valence electrons. The van der Waals surface area contributed by atoms with Crippen molar-refractivity contribution in [2.45, 2.75) is 13.8 Å². The maximum atomic E-state index is 12.9. The Morgan fingerprint density at radius 3 is 2.83 bits per heavy atom. The Labute approximate surface area is 146 Å². The minimum Gasteiger partial charge on any atom is -0.482 e. The number of amides is 1. The standard InChI is InChI=1S/C15H14ClFN2O4S/c1-3-22-14(21)13-8(2)18-15(24-13)19-12(20)7-23-11-5-4-9(17)6-10(11)16/h4-6H,3,7H2,1-2H3,(H,18,19,20). The minimum absolute atomic E-state index is 0.0671. The van der Waals surface area contributed by atoms with Crippen molar-refractivity contribution >= 4 is 39.9 Å². The van der Waals surface area contributed by atoms with Crippen LogP contribution < -0.4 is 10.1 Å². The second-order valence-corrected chi connectivity index (χ2v) is 5.97. The van der Waals surface area contributed by atoms with Crippen LogP contribution in [0.15, 0.2) is 18.2 Å². The van der Waals surface area contributed by atoms with Gasteiger partial charge in [-0.15, -0.1) is 0 Å². The van der Waals surface area contributed by atoms with Gasteiger partial charge in [0, 0.05) is 0 Å². The van der Waals surface area contributed by atoms with Crippen molar-refractivity contribution < 1.29 is 23.5 Å². The summed E-state index contributed by atoms with van der Waals surface area (Å²) in [4.78, 5) is 28.0. The summed E-state index contributed by atoms with van der Waals surface area (Å²) in [5.74, 6) is -1.28. The summed E-state index contributed by atoms with van der Waals surface area (Å²) in [6.07, 6.45) is 0. The number of nitrogens with one attached hydrogen (secondary N) is 1. The first-order chi connectivity index (χ1) is 11.4. The fourth-order valence-corrected chi connectivity index (χ4v) is 2.83. The van der Waals surface area contributed by atoms with Gasteiger partial charge in [-0.05, 0) is 32.0 Å². The van der Waals surface area contributed by atoms with Crippen molar-refractivity contribution in [1.82, 2.24) is 4.98 Å². The van der Waals surface area contributed by atoms with E-state index in [1.807, 2.05) is 0 Å². The van der Waals surface area contributed by atoms with E-state index < -0.39 is 17.7 Å². The lowest BCUT2D eigenvalue weighted by Gasteiger charge is -2.07. The van der Waals surface area contributed by atoms with Gasteiger partial charge in [-0.25, -0.2) is 14.2 Å². The second kappa shape index (κ2) is 8.07. The zero-order valence-electron chi connectivity index (χ0n) is 12.9. The molecule has 24 heavy (non-hydrogen) atoms. The number of thiazole rings is 1. The summed E-state index contributed by atoms with van der Waals surface area (Å²) >= 11 is 6.82. The van der Waals surface area contributed by atoms with Crippen molar-refractivity contribution in [3.05, 3.63) is 39.6 Å². The number of esters is 1. The molecule has 0 aliphatic heterocycles. The Morgan fingerprint density at radius 1 is 1.42 bits per heavy atom. The molecule has 1 N–H and O–H groups in total. The first-order valence-electron chi connectivity index (χ1n) is 6.93. The van der Waals surface area contributed by atoms with Crippen LogP contribution >= 0.6 is 22.9 Å². The lowest BCUT2D eigenvalue weighted by atomic mass is 10.3. The second-order valence-electron chi connectivity index (χ2n) is 4.57. The number of hydrogen-bond acceptors (Lipinski definition) is 6. The molecule has 6 nitrogen and oxygen atoms in total. The summed E-state index contributed by atoms with van der Waals surface area (Å²) in [6, 6.07) is 3.59. The van der Waals surface area contributed by atoms with Gasteiger partial charge in [0.2, 0.25) is 0 Å². The fraction of sp³-hybridized carbons (Fsp3) is 0.267. The predicted molar refractivity (Wildman–Crippen MR) is 88.3 cm³/mol. The van der Waals surface area contributed by atoms with Crippen LogP contribution in [0.25, 0.3) is 0 Å². The number of benzene rings is 1. The molecule has 1 heterocycles. The van der Waals surface area contributed by atoms with Crippen molar-refractivity contribution in [3.8, 4) is 5.75 Å². The van der Waals surface area contributed by atoms with E-state index in [4.69, 9.17) is 21.1 Å². The zero-order valence-corrected chi connectivity index (χ0v) is 14.5. The molecule has 0 spiro atoms. The Bertz CT molecular complexity index is 766. The molecule has 0 aliphatic rings. The van der Waals surface area contributed by atoms with E-state index in [0.29, 0.717) is 10.6 Å². The van der Waals surface area contributed by atoms with Gasteiger partial charge in [0.15, 0.2) is 11.7 Å². The summed E-state index contributed by atoms with van der Waals surface area (Å²) < 4.78 is 23.1. The molecule has 9 heteroatoms. The molecule has 1 amide bonds. The van der Waals surface area contributed by atoms with Gasteiger partial charge in [-0.3, -0.25) is 10.1 Å². The molecule has 0 bridgehead atoms. The highest BCUT2D eigenvalue weighted by atomic mass is 35.5. The highest BCUT2D eigenvalue weighted by Crippen LogP contribution is 2.25. The number of ether oxygens (including phenoxy) is 2. The first kappa shape index (κ1) is 18.2. The first-order valence-corrected chi connectivity index (χ1v) is 8.12. The van der Waals surface area contributed by atoms with Crippen LogP contribution in [0.5, 0.6) is 5.75 Å². The summed E-state index contributed by atoms with van der Waals surface area (Å²) in [5.41, 5.74) is 0.469. The highest BCUT2D eigenvalue weighted by molar-refractivity contribution is 7.17. The zero-order chi connectivity index (χ0) is 17.7. The van der Waals surface area contributed by atoms with Gasteiger partial charge in [0.05, 0.1) is 17.3 Å². The van der Waals surface area contributed by atoms with E-state index >= 15 is 0 Å². The number of rotatable bonds is 6. The van der Waals surface area contributed by atoms with Gasteiger partial charge in [0.1, 0.15) is 16.4 Å². The van der Waals surface area contributed by atoms with Crippen LogP contribution in [0.3, 0.4) is 0 Å². The Kier molecular flexibility index (Phi) is 6.10. The number of aryl methyl sites for hydroxylation is 1. The molecular formula is C15H14ClFN2O4S. The monoisotopic (exact) mass is 372 g/mol. The summed E-state index contributed by atoms with van der Waals surface area (Å²) in [7, 11) is 0. The molecule has 0 atom stereocenters. The number of carbonyl (C=O) groups excluding carboxylic acids is 2. The van der Waals surface area contributed by atoms with E-state index in [2.05, 4.69) is 10.3 Å². The average molecular weight is 373 g/mol. The van der Waals surface area contributed by atoms with E-state index in [1.165, 1.54) is 12.1 Å². The largest absolute Gasteiger partial charge is 0.482 e. The highest BCUT2D eigenvalue weighted by Gasteiger charge is 2.17. The van der Waals surface area contributed by atoms with E-state index in [-0.39, 0.29) is 29.1 Å². The van der Waals surface area contributed by atoms with Crippen molar-refractivity contribution in [2.24, 2.45) is 0 Å². The van der Waals surface area contributed by atoms with Crippen LogP contribution in [0, 0.1) is 12.7 Å². The Balaban J connectivity index is 1.95. The number of nitrogens with zero attached hydrogens (tertiary/aromatic N) is 1. The third-order valence-electron chi connectivity index (χ3n) is 2.76. The predicted octanol–water partition coefficient (Wildman–Crippen LogP) is 3.44. The SMILES string of the molecule is CCOC(=O)c1sc(NC(=O)COc2ccc(F)cc2Cl)nc1C. The molecule has 2 rings (SSSR count). The molecule has 0 radical (unpaired) electrons. The molecule has 1 aromatic heterocycles. The van der Waals surface area contributed by atoms with Gasteiger partial charge in [-0.1, -0.05) is 22.9 Å². The van der Waals surface area contributed by atoms with Gasteiger partial charge in [-0.2, -0.15) is 0 Å². The van der Waals surface area contributed by atoms with E-state index in [1.54, 1.807) is 13.8 Å². The number of carbonyl (C=O) groups is 2. The molecule has 1 aromatic carbocycles. The van der Waals surface area contributed by atoms with Crippen molar-refractivity contribution in [1.29, 1.82) is 0 Å². The average Bonchev–Trinajstić information content (AvgIpc) is 2.87. The number of anilines is 1. The molecule has 2 aromatic rings. The van der Waals surface area contributed by atoms with Gasteiger partial charge < -0.3 is 9.47 Å². The maximum absolute atomic E-state index is 12.9. The van der Waals surface area contributed by atoms with E-state index in [0.717, 1.165) is 17.4 Å². The van der Waals surface area contributed by atoms with Crippen LogP contribution in [-0.2, 0) is 9.53 Å². The van der Waals surface area contributed by atoms with Crippen LogP contribution in [-0.4, -0.2) is 30.1 Å². The van der Waals surface area contributed by atoms with Gasteiger partial charge >= 0.3 is 5.97 Å². The molecule has 0 aliphatic carbocycles. The topological polar surface area (TPSA) is 77.5 Å². The van der Waals surface area contributed by atoms with Gasteiger partial charge in [0.25, 0.3) is 5.91 Å². The Hall–Kier alpha value is -2.19. The molecule has 0 fully saturated rings. The summed E-state index contributed by atoms with van der Waals surface area (Å²) in [6.45, 7) is 3.27. The minimum atomic E-state index is -0.499. The summed E-state index contributed by atoms with van der Waals surface area (Å²) in [5, 5.41) is 2.85. The third-order valence-corrected chi connectivity index (χ3v) is 4.10. The number of aromatic nitrogens is 1. The fourth-order valence-electron chi connectivity index (χ4n) is 1.73. The van der Waals surface area contributed by atoms with E-state index in [9.17, 15) is 14.0 Å². The number of hydrogen-bond donors (Lipinski definition) is 1. The van der Waals surface area contributed by atoms with Crippen LogP contribution in [0.4, 0.5) is 9.52 Å². The molecular weight excluding hydrogens is 359 g/mol. The van der Waals surface area contributed by atoms with Crippen LogP contribution in [0.2, 0.25) is 5.02 Å². The molecule has 0 saturated heterocycles. The lowest BCUT2D eigenvalue weighted by Crippen LogP contribution is -2.20. The third kappa shape index (κ3) is 4.65. The molecule has 0 saturated carbocycles. The van der Waals surface area contributed by atoms with Crippen LogP contribution in [0.1, 0.15) is 22.3 Å². The van der Waals surface area contributed by atoms with Crippen molar-refractivity contribution in [2.75, 3.05) is 18.5 Å². The lowest BCUT2D eigenvalue weighted by molar-refractivity contribution is -0.118. The normalized spacial score (nSPS) is 10.3. The van der Waals surface area contributed by atoms with Crippen molar-refractivity contribution in [3.63, 3.8) is 0 Å². The number of halogens is 2. The molecule has 0 unspecified atom stereocenters. The maximum Gasteiger partial charge on any atom is 0.350 e. The quantitative estimate of drug-likeness (QED) is 0.786.